The van der Waals surface area contributed by atoms with E-state index >= 15 is 0 Å². The van der Waals surface area contributed by atoms with Crippen LogP contribution in [0.15, 0.2) is 110 Å². The van der Waals surface area contributed by atoms with Crippen LogP contribution in [-0.2, 0) is 0 Å². The summed E-state index contributed by atoms with van der Waals surface area (Å²) >= 11 is -2.17. The molecule has 5 rings (SSSR count). The Balaban J connectivity index is 0.000000177. The predicted molar refractivity (Wildman–Crippen MR) is 115 cm³/mol. The Bertz CT molecular complexity index is 988. The van der Waals surface area contributed by atoms with Gasteiger partial charge >= 0.3 is 123 Å². The van der Waals surface area contributed by atoms with Crippen LogP contribution in [0.2, 0.25) is 0 Å². The first kappa shape index (κ1) is 18.5. The van der Waals surface area contributed by atoms with Gasteiger partial charge in [0.25, 0.3) is 0 Å². The number of imidazole rings is 1. The maximum Gasteiger partial charge on any atom is 0.0462 e. The third kappa shape index (κ3) is 4.51. The minimum atomic E-state index is -2.17. The standard InChI is InChI=1S/3C6H5.C5H3N4.Pb/c3*1-2-4-6-5-3-1;1-4-5(8-2-6-1)9-3-7-4;/h3*1-5H;1-3H;/q;;;-1;. The van der Waals surface area contributed by atoms with Crippen molar-refractivity contribution in [2.24, 2.45) is 0 Å². The van der Waals surface area contributed by atoms with Crippen molar-refractivity contribution in [2.75, 3.05) is 0 Å². The predicted octanol–water partition coefficient (Wildman–Crippen LogP) is 2.18. The molecule has 0 amide bonds. The largest absolute Gasteiger partial charge is 0.367 e. The van der Waals surface area contributed by atoms with Gasteiger partial charge < -0.3 is 15.0 Å². The van der Waals surface area contributed by atoms with E-state index in [0.29, 0.717) is 5.65 Å². The monoisotopic (exact) mass is 558 g/mol. The minimum Gasteiger partial charge on any atom is -0.367 e. The molecule has 0 unspecified atom stereocenters. The van der Waals surface area contributed by atoms with E-state index in [0.717, 1.165) is 5.52 Å². The summed E-state index contributed by atoms with van der Waals surface area (Å²) in [5.41, 5.74) is 1.41. The van der Waals surface area contributed by atoms with Gasteiger partial charge in [-0.1, -0.05) is 0 Å². The summed E-state index contributed by atoms with van der Waals surface area (Å²) in [7, 11) is 0. The topological polar surface area (TPSA) is 52.8 Å². The van der Waals surface area contributed by atoms with Gasteiger partial charge in [-0.15, -0.1) is 0 Å². The van der Waals surface area contributed by atoms with Crippen LogP contribution in [0, 0.1) is 0 Å². The van der Waals surface area contributed by atoms with Crippen LogP contribution in [0.4, 0.5) is 0 Å². The molecule has 0 aliphatic carbocycles. The first-order chi connectivity index (χ1) is 13.9. The minimum absolute atomic E-state index is 0.657. The van der Waals surface area contributed by atoms with Crippen molar-refractivity contribution in [3.8, 4) is 0 Å². The van der Waals surface area contributed by atoms with E-state index in [1.165, 1.54) is 12.7 Å². The fourth-order valence-corrected chi connectivity index (χ4v) is 13.0. The number of hydrogen-bond acceptors (Lipinski definition) is 3. The maximum absolute atomic E-state index is 3.88. The van der Waals surface area contributed by atoms with E-state index in [9.17, 15) is 0 Å². The fraction of sp³-hybridized carbons (Fsp3) is 0. The van der Waals surface area contributed by atoms with Gasteiger partial charge in [0, 0.05) is 23.7 Å². The van der Waals surface area contributed by atoms with E-state index in [2.05, 4.69) is 111 Å². The summed E-state index contributed by atoms with van der Waals surface area (Å²) in [4.78, 5) is 15.4. The molecule has 3 aromatic carbocycles. The van der Waals surface area contributed by atoms with Gasteiger partial charge in [-0.3, -0.25) is 4.98 Å². The van der Waals surface area contributed by atoms with Crippen molar-refractivity contribution in [1.82, 2.24) is 19.9 Å². The van der Waals surface area contributed by atoms with Gasteiger partial charge in [-0.05, 0) is 6.33 Å². The number of rotatable bonds is 3. The average Bonchev–Trinajstić information content (AvgIpc) is 3.26. The van der Waals surface area contributed by atoms with E-state index in [-0.39, 0.29) is 0 Å². The van der Waals surface area contributed by atoms with Crippen LogP contribution in [0.1, 0.15) is 0 Å². The molecule has 0 saturated carbocycles. The molecule has 0 fully saturated rings. The normalized spacial score (nSPS) is 10.5. The summed E-state index contributed by atoms with van der Waals surface area (Å²) in [5.74, 6) is 0. The summed E-state index contributed by atoms with van der Waals surface area (Å²) in [6.07, 6.45) is 4.56. The zero-order chi connectivity index (χ0) is 19.0. The van der Waals surface area contributed by atoms with Crippen molar-refractivity contribution in [2.45, 2.75) is 0 Å². The van der Waals surface area contributed by atoms with E-state index in [1.807, 2.05) is 0 Å². The molecule has 0 aliphatic heterocycles. The van der Waals surface area contributed by atoms with Gasteiger partial charge in [-0.25, -0.2) is 0 Å². The third-order valence-corrected chi connectivity index (χ3v) is 14.9. The van der Waals surface area contributed by atoms with Crippen LogP contribution in [0.3, 0.4) is 0 Å². The molecule has 135 valence electrons. The van der Waals surface area contributed by atoms with Gasteiger partial charge in [0.1, 0.15) is 0 Å². The number of nitrogens with zero attached hydrogens (tertiary/aromatic N) is 4. The molecule has 0 atom stereocenters. The third-order valence-electron chi connectivity index (χ3n) is 4.24. The molecule has 0 saturated heterocycles. The van der Waals surface area contributed by atoms with Crippen molar-refractivity contribution >= 4 is 43.2 Å². The molecule has 0 N–H and O–H groups in total. The second kappa shape index (κ2) is 9.37. The maximum atomic E-state index is 3.88. The van der Waals surface area contributed by atoms with E-state index < -0.39 is 22.7 Å². The van der Waals surface area contributed by atoms with Crippen LogP contribution in [0.25, 0.3) is 11.2 Å². The van der Waals surface area contributed by atoms with Crippen LogP contribution in [-0.4, -0.2) is 37.7 Å². The Morgan fingerprint density at radius 1 is 0.607 bits per heavy atom. The van der Waals surface area contributed by atoms with Crippen LogP contribution in [0.5, 0.6) is 0 Å². The summed E-state index contributed by atoms with van der Waals surface area (Å²) in [5, 5.41) is 0. The first-order valence-electron chi connectivity index (χ1n) is 8.98. The van der Waals surface area contributed by atoms with Crippen LogP contribution < -0.4 is 14.4 Å². The smallest absolute Gasteiger partial charge is 0.0462 e. The molecule has 1 radical (unpaired) electrons. The molecule has 4 nitrogen and oxygen atoms in total. The Hall–Kier alpha value is -2.87. The van der Waals surface area contributed by atoms with Crippen molar-refractivity contribution in [3.63, 3.8) is 0 Å². The van der Waals surface area contributed by atoms with Gasteiger partial charge in [0.2, 0.25) is 0 Å². The molecule has 5 heteroatoms. The molecule has 28 heavy (non-hydrogen) atoms. The molecule has 0 spiro atoms. The summed E-state index contributed by atoms with van der Waals surface area (Å²) in [6.45, 7) is 0. The zero-order valence-corrected chi connectivity index (χ0v) is 19.1. The fourth-order valence-electron chi connectivity index (χ4n) is 2.97. The van der Waals surface area contributed by atoms with Gasteiger partial charge in [0.15, 0.2) is 0 Å². The number of benzene rings is 3. The first-order valence-corrected chi connectivity index (χ1v) is 14.8. The Labute approximate surface area is 172 Å². The van der Waals surface area contributed by atoms with Crippen LogP contribution >= 0.6 is 0 Å². The second-order valence-electron chi connectivity index (χ2n) is 6.08. The Morgan fingerprint density at radius 2 is 1.11 bits per heavy atom. The molecule has 2 aromatic heterocycles. The molecule has 0 bridgehead atoms. The number of hydrogen-bond donors (Lipinski definition) is 0. The summed E-state index contributed by atoms with van der Waals surface area (Å²) < 4.78 is 4.64. The molecule has 2 heterocycles. The van der Waals surface area contributed by atoms with Crippen molar-refractivity contribution < 1.29 is 0 Å². The zero-order valence-electron chi connectivity index (χ0n) is 15.2. The number of aromatic nitrogens is 4. The van der Waals surface area contributed by atoms with E-state index in [4.69, 9.17) is 0 Å². The molecular weight excluding hydrogens is 539 g/mol. The molecule has 0 aliphatic rings. The Kier molecular flexibility index (Phi) is 6.19. The average molecular weight is 558 g/mol. The molecular formula is C23H18N4Pb-. The van der Waals surface area contributed by atoms with Gasteiger partial charge in [0.05, 0.1) is 0 Å². The summed E-state index contributed by atoms with van der Waals surface area (Å²) in [6, 6.07) is 33.0. The quantitative estimate of drug-likeness (QED) is 0.320. The number of fused-ring (bicyclic) bond motifs is 1. The molecule has 5 aromatic rings. The van der Waals surface area contributed by atoms with Gasteiger partial charge in [-0.2, -0.15) is 0 Å². The van der Waals surface area contributed by atoms with E-state index in [1.54, 1.807) is 15.6 Å². The second-order valence-corrected chi connectivity index (χ2v) is 15.7. The Morgan fingerprint density at radius 3 is 1.57 bits per heavy atom. The SMILES string of the molecule is c1cc[c]([Pb]([c]2ccccc2)[c]2ccccc2)cc1.c1ncc2nc[n-]c2n1. The van der Waals surface area contributed by atoms with Crippen molar-refractivity contribution in [1.29, 1.82) is 0 Å². The van der Waals surface area contributed by atoms with Crippen molar-refractivity contribution in [3.05, 3.63) is 110 Å².